The van der Waals surface area contributed by atoms with E-state index >= 15 is 0 Å². The van der Waals surface area contributed by atoms with E-state index in [-0.39, 0.29) is 5.56 Å². The lowest BCUT2D eigenvalue weighted by Gasteiger charge is -2.19. The molecular formula is C18H15F4NO. The monoisotopic (exact) mass is 337 g/mol. The van der Waals surface area contributed by atoms with Crippen molar-refractivity contribution < 1.29 is 22.4 Å². The van der Waals surface area contributed by atoms with Crippen LogP contribution in [0.2, 0.25) is 0 Å². The van der Waals surface area contributed by atoms with Gasteiger partial charge in [-0.1, -0.05) is 12.1 Å². The summed E-state index contributed by atoms with van der Waals surface area (Å²) in [4.78, 5) is 12.3. The molecule has 1 aliphatic carbocycles. The lowest BCUT2D eigenvalue weighted by molar-refractivity contribution is -0.140. The van der Waals surface area contributed by atoms with E-state index in [2.05, 4.69) is 5.32 Å². The second-order valence-corrected chi connectivity index (χ2v) is 5.80. The van der Waals surface area contributed by atoms with Gasteiger partial charge >= 0.3 is 6.18 Å². The molecule has 1 aliphatic rings. The number of carbonyl (C=O) groups excluding carboxylic acids is 1. The Morgan fingerprint density at radius 1 is 1.04 bits per heavy atom. The first-order valence-corrected chi connectivity index (χ1v) is 7.65. The molecular weight excluding hydrogens is 322 g/mol. The number of amides is 1. The van der Waals surface area contributed by atoms with Crippen molar-refractivity contribution in [3.63, 3.8) is 0 Å². The normalized spacial score (nSPS) is 14.2. The molecule has 2 nitrogen and oxygen atoms in total. The molecule has 3 rings (SSSR count). The van der Waals surface area contributed by atoms with Crippen molar-refractivity contribution in [1.82, 2.24) is 0 Å². The third kappa shape index (κ3) is 3.27. The Hall–Kier alpha value is -2.37. The predicted octanol–water partition coefficient (Wildman–Crippen LogP) is 4.98. The largest absolute Gasteiger partial charge is 0.419 e. The van der Waals surface area contributed by atoms with Gasteiger partial charge in [-0.25, -0.2) is 4.39 Å². The van der Waals surface area contributed by atoms with E-state index in [0.29, 0.717) is 17.8 Å². The number of hydrogen-bond donors (Lipinski definition) is 1. The van der Waals surface area contributed by atoms with E-state index in [1.165, 1.54) is 0 Å². The first-order valence-electron chi connectivity index (χ1n) is 7.65. The second kappa shape index (κ2) is 6.26. The van der Waals surface area contributed by atoms with Crippen molar-refractivity contribution >= 4 is 11.6 Å². The van der Waals surface area contributed by atoms with Gasteiger partial charge in [0, 0.05) is 11.3 Å². The van der Waals surface area contributed by atoms with Gasteiger partial charge in [-0.05, 0) is 61.1 Å². The van der Waals surface area contributed by atoms with Crippen molar-refractivity contribution in [3.05, 3.63) is 64.5 Å². The van der Waals surface area contributed by atoms with Crippen LogP contribution < -0.4 is 5.32 Å². The Labute approximate surface area is 136 Å². The van der Waals surface area contributed by atoms with Crippen LogP contribution in [0.15, 0.2) is 36.4 Å². The molecule has 0 aliphatic heterocycles. The maximum Gasteiger partial charge on any atom is 0.419 e. The smallest absolute Gasteiger partial charge is 0.322 e. The SMILES string of the molecule is O=C(Nc1cccc2c1CCCC2)c1ccc(F)c(C(F)(F)F)c1. The number of hydrogen-bond acceptors (Lipinski definition) is 1. The number of fused-ring (bicyclic) bond motifs is 1. The standard InChI is InChI=1S/C18H15F4NO/c19-15-9-8-12(10-14(15)18(20,21)22)17(24)23-16-7-3-5-11-4-1-2-6-13(11)16/h3,5,7-10H,1-2,4,6H2,(H,23,24). The van der Waals surface area contributed by atoms with Gasteiger partial charge in [0.1, 0.15) is 5.82 Å². The second-order valence-electron chi connectivity index (χ2n) is 5.80. The van der Waals surface area contributed by atoms with Gasteiger partial charge in [0.2, 0.25) is 0 Å². The van der Waals surface area contributed by atoms with Crippen LogP contribution in [0.1, 0.15) is 39.9 Å². The molecule has 0 fully saturated rings. The number of aryl methyl sites for hydroxylation is 1. The van der Waals surface area contributed by atoms with Crippen molar-refractivity contribution in [2.24, 2.45) is 0 Å². The average Bonchev–Trinajstić information content (AvgIpc) is 2.54. The summed E-state index contributed by atoms with van der Waals surface area (Å²) in [6.07, 6.45) is -1.00. The van der Waals surface area contributed by atoms with Crippen molar-refractivity contribution in [3.8, 4) is 0 Å². The van der Waals surface area contributed by atoms with Crippen LogP contribution in [-0.4, -0.2) is 5.91 Å². The van der Waals surface area contributed by atoms with Crippen LogP contribution in [0.3, 0.4) is 0 Å². The highest BCUT2D eigenvalue weighted by molar-refractivity contribution is 6.04. The Morgan fingerprint density at radius 3 is 2.54 bits per heavy atom. The van der Waals surface area contributed by atoms with E-state index < -0.39 is 23.5 Å². The number of alkyl halides is 3. The van der Waals surface area contributed by atoms with Gasteiger partial charge in [0.05, 0.1) is 5.56 Å². The van der Waals surface area contributed by atoms with E-state index in [1.54, 1.807) is 6.07 Å². The van der Waals surface area contributed by atoms with Crippen LogP contribution in [0.5, 0.6) is 0 Å². The highest BCUT2D eigenvalue weighted by atomic mass is 19.4. The minimum atomic E-state index is -4.84. The van der Waals surface area contributed by atoms with Crippen LogP contribution in [-0.2, 0) is 19.0 Å². The molecule has 2 aromatic carbocycles. The number of rotatable bonds is 2. The summed E-state index contributed by atoms with van der Waals surface area (Å²) >= 11 is 0. The quantitative estimate of drug-likeness (QED) is 0.770. The summed E-state index contributed by atoms with van der Waals surface area (Å²) in [6, 6.07) is 7.79. The zero-order chi connectivity index (χ0) is 17.3. The Morgan fingerprint density at radius 2 is 1.79 bits per heavy atom. The van der Waals surface area contributed by atoms with E-state index in [4.69, 9.17) is 0 Å². The highest BCUT2D eigenvalue weighted by Gasteiger charge is 2.34. The van der Waals surface area contributed by atoms with E-state index in [1.807, 2.05) is 12.1 Å². The Kier molecular flexibility index (Phi) is 4.30. The fourth-order valence-electron chi connectivity index (χ4n) is 2.98. The van der Waals surface area contributed by atoms with Gasteiger partial charge in [-0.3, -0.25) is 4.79 Å². The number of benzene rings is 2. The summed E-state index contributed by atoms with van der Waals surface area (Å²) in [5, 5.41) is 2.66. The van der Waals surface area contributed by atoms with Gasteiger partial charge in [-0.2, -0.15) is 13.2 Å². The number of halogens is 4. The molecule has 0 aromatic heterocycles. The number of nitrogens with one attached hydrogen (secondary N) is 1. The number of anilines is 1. The fourth-order valence-corrected chi connectivity index (χ4v) is 2.98. The Balaban J connectivity index is 1.89. The fraction of sp³-hybridized carbons (Fsp3) is 0.278. The third-order valence-electron chi connectivity index (χ3n) is 4.18. The molecule has 0 spiro atoms. The van der Waals surface area contributed by atoms with Crippen molar-refractivity contribution in [1.29, 1.82) is 0 Å². The molecule has 0 bridgehead atoms. The maximum absolute atomic E-state index is 13.3. The molecule has 24 heavy (non-hydrogen) atoms. The molecule has 1 N–H and O–H groups in total. The zero-order valence-electron chi connectivity index (χ0n) is 12.7. The summed E-state index contributed by atoms with van der Waals surface area (Å²) in [7, 11) is 0. The van der Waals surface area contributed by atoms with Crippen LogP contribution in [0.25, 0.3) is 0 Å². The molecule has 0 unspecified atom stereocenters. The minimum Gasteiger partial charge on any atom is -0.322 e. The summed E-state index contributed by atoms with van der Waals surface area (Å²) in [6.45, 7) is 0. The Bertz CT molecular complexity index is 783. The number of carbonyl (C=O) groups is 1. The van der Waals surface area contributed by atoms with Crippen LogP contribution in [0, 0.1) is 5.82 Å². The topological polar surface area (TPSA) is 29.1 Å². The van der Waals surface area contributed by atoms with E-state index in [9.17, 15) is 22.4 Å². The van der Waals surface area contributed by atoms with Gasteiger partial charge < -0.3 is 5.32 Å². The lowest BCUT2D eigenvalue weighted by Crippen LogP contribution is -2.17. The molecule has 0 saturated heterocycles. The van der Waals surface area contributed by atoms with Crippen LogP contribution >= 0.6 is 0 Å². The van der Waals surface area contributed by atoms with Gasteiger partial charge in [-0.15, -0.1) is 0 Å². The zero-order valence-corrected chi connectivity index (χ0v) is 12.7. The molecule has 0 atom stereocenters. The molecule has 2 aromatic rings. The average molecular weight is 337 g/mol. The molecule has 126 valence electrons. The molecule has 6 heteroatoms. The van der Waals surface area contributed by atoms with Crippen LogP contribution in [0.4, 0.5) is 23.2 Å². The van der Waals surface area contributed by atoms with Crippen molar-refractivity contribution in [2.45, 2.75) is 31.9 Å². The van der Waals surface area contributed by atoms with Gasteiger partial charge in [0.25, 0.3) is 5.91 Å². The third-order valence-corrected chi connectivity index (χ3v) is 4.18. The van der Waals surface area contributed by atoms with Crippen molar-refractivity contribution in [2.75, 3.05) is 5.32 Å². The predicted molar refractivity (Wildman–Crippen MR) is 82.4 cm³/mol. The van der Waals surface area contributed by atoms with Gasteiger partial charge in [0.15, 0.2) is 0 Å². The summed E-state index contributed by atoms with van der Waals surface area (Å²) < 4.78 is 51.6. The summed E-state index contributed by atoms with van der Waals surface area (Å²) in [5.41, 5.74) is 1.11. The molecule has 0 radical (unpaired) electrons. The first kappa shape index (κ1) is 16.5. The summed E-state index contributed by atoms with van der Waals surface area (Å²) in [5.74, 6) is -2.07. The van der Waals surface area contributed by atoms with E-state index in [0.717, 1.165) is 42.9 Å². The first-order chi connectivity index (χ1) is 11.4. The molecule has 0 saturated carbocycles. The minimum absolute atomic E-state index is 0.225. The molecule has 1 amide bonds. The maximum atomic E-state index is 13.3. The lowest BCUT2D eigenvalue weighted by atomic mass is 9.90. The molecule has 0 heterocycles. The highest BCUT2D eigenvalue weighted by Crippen LogP contribution is 2.32.